The van der Waals surface area contributed by atoms with Crippen molar-refractivity contribution in [2.24, 2.45) is 0 Å². The lowest BCUT2D eigenvalue weighted by Gasteiger charge is -2.05. The molecule has 9 heteroatoms. The monoisotopic (exact) mass is 391 g/mol. The van der Waals surface area contributed by atoms with Gasteiger partial charge in [0.05, 0.1) is 0 Å². The predicted octanol–water partition coefficient (Wildman–Crippen LogP) is 3.72. The van der Waals surface area contributed by atoms with Crippen LogP contribution in [0.4, 0.5) is 9.52 Å². The lowest BCUT2D eigenvalue weighted by Crippen LogP contribution is -2.20. The first kappa shape index (κ1) is 18.4. The van der Waals surface area contributed by atoms with Crippen LogP contribution >= 0.6 is 23.6 Å². The van der Waals surface area contributed by atoms with Crippen LogP contribution in [0.2, 0.25) is 0 Å². The van der Waals surface area contributed by atoms with Crippen molar-refractivity contribution >= 4 is 34.6 Å². The number of hydrogen-bond acceptors (Lipinski definition) is 5. The highest BCUT2D eigenvalue weighted by Gasteiger charge is 2.12. The summed E-state index contributed by atoms with van der Waals surface area (Å²) in [6.45, 7) is 2.14. The Kier molecular flexibility index (Phi) is 5.89. The molecular weight excluding hydrogens is 373 g/mol. The summed E-state index contributed by atoms with van der Waals surface area (Å²) in [5, 5.41) is 10.2. The molecule has 3 aromatic rings. The number of nitrogens with zero attached hydrogens (tertiary/aromatic N) is 3. The summed E-state index contributed by atoms with van der Waals surface area (Å²) in [4.78, 5) is 17.5. The smallest absolute Gasteiger partial charge is 0.246 e. The van der Waals surface area contributed by atoms with Gasteiger partial charge in [0.25, 0.3) is 0 Å². The van der Waals surface area contributed by atoms with Gasteiger partial charge in [-0.1, -0.05) is 19.1 Å². The fraction of sp³-hybridized carbons (Fsp3) is 0.294. The molecule has 2 heterocycles. The molecule has 6 nitrogen and oxygen atoms in total. The fourth-order valence-electron chi connectivity index (χ4n) is 2.48. The van der Waals surface area contributed by atoms with Crippen molar-refractivity contribution in [2.75, 3.05) is 5.32 Å². The molecule has 0 aliphatic carbocycles. The van der Waals surface area contributed by atoms with Crippen molar-refractivity contribution < 1.29 is 9.18 Å². The Hall–Kier alpha value is -2.39. The minimum Gasteiger partial charge on any atom is -0.300 e. The number of halogens is 1. The number of aromatic amines is 1. The van der Waals surface area contributed by atoms with Crippen molar-refractivity contribution in [1.29, 1.82) is 0 Å². The molecule has 2 N–H and O–H groups in total. The third kappa shape index (κ3) is 4.61. The molecule has 1 aromatic carbocycles. The van der Waals surface area contributed by atoms with Gasteiger partial charge in [0.1, 0.15) is 18.2 Å². The summed E-state index contributed by atoms with van der Waals surface area (Å²) in [5.74, 6) is 0.303. The van der Waals surface area contributed by atoms with E-state index in [-0.39, 0.29) is 18.3 Å². The van der Waals surface area contributed by atoms with E-state index < -0.39 is 0 Å². The summed E-state index contributed by atoms with van der Waals surface area (Å²) in [5.41, 5.74) is 0.988. The second-order valence-corrected chi connectivity index (χ2v) is 7.27. The summed E-state index contributed by atoms with van der Waals surface area (Å²) in [7, 11) is 0. The first-order valence-electron chi connectivity index (χ1n) is 8.18. The van der Waals surface area contributed by atoms with E-state index in [0.717, 1.165) is 29.1 Å². The van der Waals surface area contributed by atoms with Gasteiger partial charge >= 0.3 is 0 Å². The van der Waals surface area contributed by atoms with Crippen LogP contribution in [0.15, 0.2) is 30.5 Å². The molecule has 26 heavy (non-hydrogen) atoms. The molecule has 0 bridgehead atoms. The highest BCUT2D eigenvalue weighted by Crippen LogP contribution is 2.21. The number of aryl methyl sites for hydroxylation is 1. The molecule has 0 radical (unpaired) electrons. The number of carbonyl (C=O) groups is 1. The lowest BCUT2D eigenvalue weighted by molar-refractivity contribution is -0.116. The Morgan fingerprint density at radius 3 is 2.88 bits per heavy atom. The number of benzene rings is 1. The highest BCUT2D eigenvalue weighted by molar-refractivity contribution is 7.71. The quantitative estimate of drug-likeness (QED) is 0.602. The van der Waals surface area contributed by atoms with Crippen molar-refractivity contribution in [3.8, 4) is 0 Å². The summed E-state index contributed by atoms with van der Waals surface area (Å²) in [6.07, 6.45) is 4.02. The zero-order valence-corrected chi connectivity index (χ0v) is 15.8. The van der Waals surface area contributed by atoms with E-state index in [4.69, 9.17) is 12.2 Å². The zero-order chi connectivity index (χ0) is 18.5. The van der Waals surface area contributed by atoms with Gasteiger partial charge < -0.3 is 5.32 Å². The van der Waals surface area contributed by atoms with Crippen LogP contribution in [-0.2, 0) is 24.2 Å². The summed E-state index contributed by atoms with van der Waals surface area (Å²) >= 11 is 6.58. The second kappa shape index (κ2) is 8.33. The average molecular weight is 391 g/mol. The van der Waals surface area contributed by atoms with Crippen LogP contribution in [-0.4, -0.2) is 25.7 Å². The van der Waals surface area contributed by atoms with Gasteiger partial charge in [-0.25, -0.2) is 9.37 Å². The number of amides is 1. The fourth-order valence-corrected chi connectivity index (χ4v) is 3.56. The van der Waals surface area contributed by atoms with Crippen LogP contribution in [0.1, 0.15) is 29.6 Å². The number of hydrogen-bond donors (Lipinski definition) is 2. The topological polar surface area (TPSA) is 75.6 Å². The van der Waals surface area contributed by atoms with Gasteiger partial charge in [0, 0.05) is 23.9 Å². The summed E-state index contributed by atoms with van der Waals surface area (Å²) < 4.78 is 15.1. The first-order valence-corrected chi connectivity index (χ1v) is 9.40. The number of rotatable bonds is 7. The van der Waals surface area contributed by atoms with E-state index in [1.807, 2.05) is 6.92 Å². The molecule has 2 aromatic heterocycles. The van der Waals surface area contributed by atoms with Gasteiger partial charge in [0.15, 0.2) is 9.90 Å². The van der Waals surface area contributed by atoms with Gasteiger partial charge in [-0.15, -0.1) is 11.3 Å². The average Bonchev–Trinajstić information content (AvgIpc) is 3.18. The Morgan fingerprint density at radius 2 is 2.15 bits per heavy atom. The number of anilines is 1. The van der Waals surface area contributed by atoms with Crippen molar-refractivity contribution in [2.45, 2.75) is 32.7 Å². The van der Waals surface area contributed by atoms with E-state index in [2.05, 4.69) is 20.5 Å². The maximum atomic E-state index is 13.0. The molecule has 136 valence electrons. The Balaban J connectivity index is 1.62. The standard InChI is InChI=1S/C17H18FN5OS2/c1-2-3-14-21-22-17(25)23(14)10-15(24)20-16-19-9-13(26-16)8-11-4-6-12(18)7-5-11/h4-7,9H,2-3,8,10H2,1H3,(H,22,25)(H,19,20,24). The van der Waals surface area contributed by atoms with Crippen LogP contribution < -0.4 is 5.32 Å². The Bertz CT molecular complexity index is 945. The minimum absolute atomic E-state index is 0.0948. The number of carbonyl (C=O) groups excluding carboxylic acids is 1. The highest BCUT2D eigenvalue weighted by atomic mass is 32.1. The van der Waals surface area contributed by atoms with Gasteiger partial charge in [0.2, 0.25) is 5.91 Å². The molecule has 0 aliphatic rings. The van der Waals surface area contributed by atoms with Gasteiger partial charge in [-0.2, -0.15) is 5.10 Å². The molecule has 0 spiro atoms. The molecule has 0 fully saturated rings. The van der Waals surface area contributed by atoms with Gasteiger partial charge in [-0.05, 0) is 36.3 Å². The third-order valence-electron chi connectivity index (χ3n) is 3.70. The van der Waals surface area contributed by atoms with Crippen LogP contribution in [0, 0.1) is 10.6 Å². The molecule has 1 amide bonds. The molecular formula is C17H18FN5OS2. The molecule has 0 atom stereocenters. The number of H-pyrrole nitrogens is 1. The van der Waals surface area contributed by atoms with Crippen molar-refractivity contribution in [1.82, 2.24) is 19.7 Å². The van der Waals surface area contributed by atoms with E-state index in [1.54, 1.807) is 22.9 Å². The van der Waals surface area contributed by atoms with Crippen LogP contribution in [0.5, 0.6) is 0 Å². The summed E-state index contributed by atoms with van der Waals surface area (Å²) in [6, 6.07) is 6.34. The number of aromatic nitrogens is 4. The number of thiazole rings is 1. The molecule has 3 rings (SSSR count). The zero-order valence-electron chi connectivity index (χ0n) is 14.2. The van der Waals surface area contributed by atoms with Crippen molar-refractivity contribution in [3.05, 3.63) is 57.3 Å². The maximum absolute atomic E-state index is 13.0. The van der Waals surface area contributed by atoms with E-state index in [9.17, 15) is 9.18 Å². The van der Waals surface area contributed by atoms with E-state index >= 15 is 0 Å². The maximum Gasteiger partial charge on any atom is 0.246 e. The largest absolute Gasteiger partial charge is 0.300 e. The lowest BCUT2D eigenvalue weighted by atomic mass is 10.1. The van der Waals surface area contributed by atoms with E-state index in [0.29, 0.717) is 16.3 Å². The molecule has 0 unspecified atom stereocenters. The predicted molar refractivity (Wildman–Crippen MR) is 101 cm³/mol. The normalized spacial score (nSPS) is 10.8. The molecule has 0 saturated heterocycles. The van der Waals surface area contributed by atoms with Gasteiger partial charge in [-0.3, -0.25) is 14.5 Å². The van der Waals surface area contributed by atoms with Crippen LogP contribution in [0.25, 0.3) is 0 Å². The van der Waals surface area contributed by atoms with Crippen molar-refractivity contribution in [3.63, 3.8) is 0 Å². The first-order chi connectivity index (χ1) is 12.5. The SMILES string of the molecule is CCCc1n[nH]c(=S)n1CC(=O)Nc1ncc(Cc2ccc(F)cc2)s1. The van der Waals surface area contributed by atoms with E-state index in [1.165, 1.54) is 23.5 Å². The Labute approximate surface area is 159 Å². The third-order valence-corrected chi connectivity index (χ3v) is 4.93. The molecule has 0 aliphatic heterocycles. The minimum atomic E-state index is -0.258. The van der Waals surface area contributed by atoms with Crippen LogP contribution in [0.3, 0.4) is 0 Å². The Morgan fingerprint density at radius 1 is 1.38 bits per heavy atom. The second-order valence-electron chi connectivity index (χ2n) is 5.76. The molecule has 0 saturated carbocycles. The number of nitrogens with one attached hydrogen (secondary N) is 2.